The van der Waals surface area contributed by atoms with Crippen molar-refractivity contribution in [1.29, 1.82) is 0 Å². The molecule has 0 aliphatic carbocycles. The van der Waals surface area contributed by atoms with Crippen LogP contribution in [-0.4, -0.2) is 21.5 Å². The van der Waals surface area contributed by atoms with Crippen molar-refractivity contribution in [3.05, 3.63) is 52.3 Å². The van der Waals surface area contributed by atoms with E-state index in [9.17, 15) is 0 Å². The fourth-order valence-electron chi connectivity index (χ4n) is 1.93. The summed E-state index contributed by atoms with van der Waals surface area (Å²) in [5.74, 6) is 0. The molecule has 1 aromatic heterocycles. The summed E-state index contributed by atoms with van der Waals surface area (Å²) in [6.45, 7) is 3.55. The van der Waals surface area contributed by atoms with Gasteiger partial charge in [0.05, 0.1) is 19.3 Å². The molecule has 0 radical (unpaired) electrons. The third kappa shape index (κ3) is 3.89. The number of hydrogen-bond donors (Lipinski definition) is 2. The van der Waals surface area contributed by atoms with E-state index in [4.69, 9.17) is 5.11 Å². The summed E-state index contributed by atoms with van der Waals surface area (Å²) in [7, 11) is 0. The van der Waals surface area contributed by atoms with Crippen molar-refractivity contribution >= 4 is 15.9 Å². The number of aliphatic hydroxyl groups is 1. The van der Waals surface area contributed by atoms with E-state index in [1.807, 2.05) is 30.6 Å². The Bertz CT molecular complexity index is 527. The number of benzene rings is 1. The van der Waals surface area contributed by atoms with Gasteiger partial charge in [-0.25, -0.2) is 0 Å². The van der Waals surface area contributed by atoms with Gasteiger partial charge < -0.3 is 10.4 Å². The molecule has 0 unspecified atom stereocenters. The predicted molar refractivity (Wildman–Crippen MR) is 78.7 cm³/mol. The van der Waals surface area contributed by atoms with E-state index < -0.39 is 0 Å². The highest BCUT2D eigenvalue weighted by Gasteiger charge is 2.08. The molecule has 0 saturated carbocycles. The van der Waals surface area contributed by atoms with Gasteiger partial charge in [0.15, 0.2) is 0 Å². The van der Waals surface area contributed by atoms with Gasteiger partial charge in [0.2, 0.25) is 0 Å². The maximum Gasteiger partial charge on any atom is 0.0640 e. The lowest BCUT2D eigenvalue weighted by atomic mass is 10.1. The zero-order chi connectivity index (χ0) is 13.7. The van der Waals surface area contributed by atoms with Crippen LogP contribution in [0, 0.1) is 0 Å². The minimum atomic E-state index is 0.113. The maximum absolute atomic E-state index is 8.84. The molecule has 0 aliphatic heterocycles. The lowest BCUT2D eigenvalue weighted by molar-refractivity contribution is 0.269. The normalized spacial score (nSPS) is 12.6. The molecule has 0 spiro atoms. The zero-order valence-electron chi connectivity index (χ0n) is 10.9. The Balaban J connectivity index is 1.92. The molecule has 19 heavy (non-hydrogen) atoms. The number of aliphatic hydroxyl groups excluding tert-OH is 1. The van der Waals surface area contributed by atoms with Gasteiger partial charge in [-0.05, 0) is 18.6 Å². The highest BCUT2D eigenvalue weighted by Crippen LogP contribution is 2.22. The second kappa shape index (κ2) is 6.84. The smallest absolute Gasteiger partial charge is 0.0640 e. The molecule has 0 saturated heterocycles. The summed E-state index contributed by atoms with van der Waals surface area (Å²) < 4.78 is 2.87. The van der Waals surface area contributed by atoms with Gasteiger partial charge in [0.25, 0.3) is 0 Å². The minimum Gasteiger partial charge on any atom is -0.394 e. The summed E-state index contributed by atoms with van der Waals surface area (Å²) in [5.41, 5.74) is 2.36. The van der Waals surface area contributed by atoms with Gasteiger partial charge in [-0.1, -0.05) is 34.1 Å². The predicted octanol–water partition coefficient (Wildman–Crippen LogP) is 2.49. The molecule has 0 aliphatic rings. The highest BCUT2D eigenvalue weighted by molar-refractivity contribution is 9.10. The average Bonchev–Trinajstić information content (AvgIpc) is 2.85. The van der Waals surface area contributed by atoms with E-state index in [0.717, 1.165) is 16.6 Å². The summed E-state index contributed by atoms with van der Waals surface area (Å²) in [5, 5.41) is 16.5. The topological polar surface area (TPSA) is 50.1 Å². The Kier molecular flexibility index (Phi) is 5.13. The molecule has 2 N–H and O–H groups in total. The van der Waals surface area contributed by atoms with Crippen LogP contribution >= 0.6 is 15.9 Å². The Hall–Kier alpha value is -1.17. The summed E-state index contributed by atoms with van der Waals surface area (Å²) >= 11 is 3.56. The first-order valence-electron chi connectivity index (χ1n) is 6.30. The zero-order valence-corrected chi connectivity index (χ0v) is 12.5. The van der Waals surface area contributed by atoms with Crippen molar-refractivity contribution in [2.45, 2.75) is 26.1 Å². The Morgan fingerprint density at radius 3 is 2.95 bits per heavy atom. The van der Waals surface area contributed by atoms with Crippen LogP contribution in [0.25, 0.3) is 0 Å². The van der Waals surface area contributed by atoms with Gasteiger partial charge in [-0.15, -0.1) is 0 Å². The summed E-state index contributed by atoms with van der Waals surface area (Å²) in [4.78, 5) is 0. The van der Waals surface area contributed by atoms with Crippen molar-refractivity contribution in [3.8, 4) is 0 Å². The van der Waals surface area contributed by atoms with Crippen LogP contribution in [0.5, 0.6) is 0 Å². The Labute approximate surface area is 121 Å². The first-order chi connectivity index (χ1) is 9.20. The second-order valence-corrected chi connectivity index (χ2v) is 5.31. The SMILES string of the molecule is C[C@@H](NCc1cnn(CCO)c1)c1ccccc1Br. The van der Waals surface area contributed by atoms with Gasteiger partial charge in [-0.3, -0.25) is 4.68 Å². The quantitative estimate of drug-likeness (QED) is 0.858. The van der Waals surface area contributed by atoms with E-state index in [1.54, 1.807) is 4.68 Å². The molecule has 4 nitrogen and oxygen atoms in total. The second-order valence-electron chi connectivity index (χ2n) is 4.46. The summed E-state index contributed by atoms with van der Waals surface area (Å²) in [6, 6.07) is 8.47. The highest BCUT2D eigenvalue weighted by atomic mass is 79.9. The van der Waals surface area contributed by atoms with Gasteiger partial charge >= 0.3 is 0 Å². The molecule has 1 heterocycles. The van der Waals surface area contributed by atoms with Crippen LogP contribution in [0.15, 0.2) is 41.1 Å². The van der Waals surface area contributed by atoms with E-state index in [2.05, 4.69) is 39.3 Å². The molecule has 0 amide bonds. The monoisotopic (exact) mass is 323 g/mol. The fraction of sp³-hybridized carbons (Fsp3) is 0.357. The molecule has 0 fully saturated rings. The molecule has 1 aromatic carbocycles. The van der Waals surface area contributed by atoms with Crippen molar-refractivity contribution in [3.63, 3.8) is 0 Å². The van der Waals surface area contributed by atoms with Crippen LogP contribution in [-0.2, 0) is 13.1 Å². The molecule has 5 heteroatoms. The van der Waals surface area contributed by atoms with Gasteiger partial charge in [0, 0.05) is 28.8 Å². The van der Waals surface area contributed by atoms with Crippen molar-refractivity contribution < 1.29 is 5.11 Å². The Morgan fingerprint density at radius 1 is 1.42 bits per heavy atom. The van der Waals surface area contributed by atoms with Crippen LogP contribution in [0.2, 0.25) is 0 Å². The number of nitrogens with one attached hydrogen (secondary N) is 1. The van der Waals surface area contributed by atoms with Crippen molar-refractivity contribution in [2.24, 2.45) is 0 Å². The number of rotatable bonds is 6. The molecular weight excluding hydrogens is 306 g/mol. The molecule has 0 bridgehead atoms. The average molecular weight is 324 g/mol. The number of halogens is 1. The molecule has 2 rings (SSSR count). The molecule has 1 atom stereocenters. The minimum absolute atomic E-state index is 0.113. The number of hydrogen-bond acceptors (Lipinski definition) is 3. The largest absolute Gasteiger partial charge is 0.394 e. The standard InChI is InChI=1S/C14H18BrN3O/c1-11(13-4-2-3-5-14(13)15)16-8-12-9-17-18(10-12)6-7-19/h2-5,9-11,16,19H,6-8H2,1H3/t11-/m1/s1. The van der Waals surface area contributed by atoms with Gasteiger partial charge in [-0.2, -0.15) is 5.10 Å². The van der Waals surface area contributed by atoms with E-state index in [-0.39, 0.29) is 12.6 Å². The summed E-state index contributed by atoms with van der Waals surface area (Å²) in [6.07, 6.45) is 3.78. The van der Waals surface area contributed by atoms with Crippen LogP contribution in [0.4, 0.5) is 0 Å². The van der Waals surface area contributed by atoms with Crippen molar-refractivity contribution in [1.82, 2.24) is 15.1 Å². The van der Waals surface area contributed by atoms with Crippen LogP contribution in [0.1, 0.15) is 24.1 Å². The fourth-order valence-corrected chi connectivity index (χ4v) is 2.56. The van der Waals surface area contributed by atoms with Crippen LogP contribution < -0.4 is 5.32 Å². The van der Waals surface area contributed by atoms with E-state index in [0.29, 0.717) is 6.54 Å². The lowest BCUT2D eigenvalue weighted by Crippen LogP contribution is -2.18. The third-order valence-electron chi connectivity index (χ3n) is 3.00. The van der Waals surface area contributed by atoms with Crippen LogP contribution in [0.3, 0.4) is 0 Å². The van der Waals surface area contributed by atoms with E-state index in [1.165, 1.54) is 5.56 Å². The van der Waals surface area contributed by atoms with Gasteiger partial charge in [0.1, 0.15) is 0 Å². The maximum atomic E-state index is 8.84. The number of nitrogens with zero attached hydrogens (tertiary/aromatic N) is 2. The molecule has 2 aromatic rings. The number of aromatic nitrogens is 2. The van der Waals surface area contributed by atoms with E-state index >= 15 is 0 Å². The molecule has 102 valence electrons. The first-order valence-corrected chi connectivity index (χ1v) is 7.10. The van der Waals surface area contributed by atoms with Crippen molar-refractivity contribution in [2.75, 3.05) is 6.61 Å². The lowest BCUT2D eigenvalue weighted by Gasteiger charge is -2.15. The third-order valence-corrected chi connectivity index (χ3v) is 3.72. The first kappa shape index (κ1) is 14.2. The Morgan fingerprint density at radius 2 is 2.21 bits per heavy atom. The molecular formula is C14H18BrN3O.